The van der Waals surface area contributed by atoms with Gasteiger partial charge in [0.05, 0.1) is 11.4 Å². The zero-order valence-electron chi connectivity index (χ0n) is 16.5. The highest BCUT2D eigenvalue weighted by Crippen LogP contribution is 2.24. The van der Waals surface area contributed by atoms with Crippen molar-refractivity contribution in [1.82, 2.24) is 10.3 Å². The molecule has 6 nitrogen and oxygen atoms in total. The van der Waals surface area contributed by atoms with E-state index in [-0.39, 0.29) is 36.3 Å². The lowest BCUT2D eigenvalue weighted by Crippen LogP contribution is -2.30. The maximum atomic E-state index is 12.7. The van der Waals surface area contributed by atoms with Crippen LogP contribution in [0.5, 0.6) is 0 Å². The molecule has 0 saturated carbocycles. The molecule has 1 saturated heterocycles. The van der Waals surface area contributed by atoms with Crippen molar-refractivity contribution in [2.75, 3.05) is 18.4 Å². The van der Waals surface area contributed by atoms with Crippen LogP contribution in [0.1, 0.15) is 57.4 Å². The molecule has 0 aromatic carbocycles. The Kier molecular flexibility index (Phi) is 8.67. The van der Waals surface area contributed by atoms with Crippen LogP contribution >= 0.6 is 24.8 Å². The van der Waals surface area contributed by atoms with Gasteiger partial charge in [-0.05, 0) is 70.3 Å². The standard InChI is InChI=1S/C20H25N3O3.2ClH/c1-11-8-16(14(4)22-13(11)3)23-19(24)18-12(2)9-17(26-20(18)25)15-6-5-7-21-10-15;;/h8-9,15,21H,5-7,10H2,1-4H3,(H,23,24);2*1H. The predicted molar refractivity (Wildman–Crippen MR) is 115 cm³/mol. The summed E-state index contributed by atoms with van der Waals surface area (Å²) in [4.78, 5) is 29.6. The molecule has 0 radical (unpaired) electrons. The highest BCUT2D eigenvalue weighted by Gasteiger charge is 2.23. The molecule has 2 aromatic heterocycles. The summed E-state index contributed by atoms with van der Waals surface area (Å²) in [6.45, 7) is 9.24. The second-order valence-corrected chi connectivity index (χ2v) is 7.02. The van der Waals surface area contributed by atoms with Gasteiger partial charge in [-0.2, -0.15) is 0 Å². The summed E-state index contributed by atoms with van der Waals surface area (Å²) in [5.41, 5.74) is 3.32. The van der Waals surface area contributed by atoms with E-state index in [1.807, 2.05) is 32.9 Å². The van der Waals surface area contributed by atoms with E-state index in [0.29, 0.717) is 22.7 Å². The van der Waals surface area contributed by atoms with Gasteiger partial charge in [-0.3, -0.25) is 9.78 Å². The summed E-state index contributed by atoms with van der Waals surface area (Å²) in [5, 5.41) is 6.11. The Labute approximate surface area is 177 Å². The van der Waals surface area contributed by atoms with E-state index < -0.39 is 11.5 Å². The molecular formula is C20H27Cl2N3O3. The molecule has 0 spiro atoms. The van der Waals surface area contributed by atoms with Crippen molar-refractivity contribution in [2.24, 2.45) is 0 Å². The lowest BCUT2D eigenvalue weighted by atomic mass is 9.95. The van der Waals surface area contributed by atoms with Crippen molar-refractivity contribution >= 4 is 36.4 Å². The number of anilines is 1. The average Bonchev–Trinajstić information content (AvgIpc) is 2.59. The zero-order chi connectivity index (χ0) is 18.8. The maximum absolute atomic E-state index is 12.7. The predicted octanol–water partition coefficient (Wildman–Crippen LogP) is 3.83. The minimum atomic E-state index is -0.586. The third-order valence-electron chi connectivity index (χ3n) is 5.00. The van der Waals surface area contributed by atoms with Crippen LogP contribution in [0.25, 0.3) is 0 Å². The minimum Gasteiger partial charge on any atom is -0.427 e. The molecule has 2 aromatic rings. The fourth-order valence-electron chi connectivity index (χ4n) is 3.34. The molecule has 0 bridgehead atoms. The minimum absolute atomic E-state index is 0. The van der Waals surface area contributed by atoms with Crippen molar-refractivity contribution in [3.63, 3.8) is 0 Å². The first kappa shape index (κ1) is 24.1. The zero-order valence-corrected chi connectivity index (χ0v) is 18.2. The number of nitrogens with one attached hydrogen (secondary N) is 2. The fraction of sp³-hybridized carbons (Fsp3) is 0.450. The van der Waals surface area contributed by atoms with Crippen molar-refractivity contribution < 1.29 is 9.21 Å². The summed E-state index contributed by atoms with van der Waals surface area (Å²) in [6.07, 6.45) is 2.03. The van der Waals surface area contributed by atoms with Gasteiger partial charge >= 0.3 is 5.63 Å². The van der Waals surface area contributed by atoms with E-state index in [9.17, 15) is 9.59 Å². The highest BCUT2D eigenvalue weighted by molar-refractivity contribution is 6.05. The number of hydrogen-bond acceptors (Lipinski definition) is 5. The second kappa shape index (κ2) is 10.0. The third kappa shape index (κ3) is 5.13. The van der Waals surface area contributed by atoms with Gasteiger partial charge in [-0.25, -0.2) is 4.79 Å². The molecule has 28 heavy (non-hydrogen) atoms. The Balaban J connectivity index is 0.00000196. The van der Waals surface area contributed by atoms with Gasteiger partial charge in [0.25, 0.3) is 5.91 Å². The van der Waals surface area contributed by atoms with Gasteiger partial charge in [0, 0.05) is 18.2 Å². The number of hydrogen-bond donors (Lipinski definition) is 2. The molecule has 1 unspecified atom stereocenters. The van der Waals surface area contributed by atoms with Crippen LogP contribution in [0.15, 0.2) is 21.3 Å². The van der Waals surface area contributed by atoms with E-state index in [0.717, 1.165) is 37.2 Å². The van der Waals surface area contributed by atoms with Crippen LogP contribution < -0.4 is 16.3 Å². The molecule has 1 aliphatic heterocycles. The topological polar surface area (TPSA) is 84.2 Å². The number of rotatable bonds is 3. The van der Waals surface area contributed by atoms with Crippen LogP contribution in [0.3, 0.4) is 0 Å². The van der Waals surface area contributed by atoms with Crippen LogP contribution in [-0.2, 0) is 0 Å². The second-order valence-electron chi connectivity index (χ2n) is 7.02. The van der Waals surface area contributed by atoms with Crippen molar-refractivity contribution in [3.05, 3.63) is 56.4 Å². The Morgan fingerprint density at radius 2 is 1.86 bits per heavy atom. The van der Waals surface area contributed by atoms with E-state index in [1.165, 1.54) is 0 Å². The number of nitrogens with zero attached hydrogens (tertiary/aromatic N) is 1. The number of carbonyl (C=O) groups is 1. The summed E-state index contributed by atoms with van der Waals surface area (Å²) in [6, 6.07) is 3.69. The van der Waals surface area contributed by atoms with Gasteiger partial charge in [-0.15, -0.1) is 24.8 Å². The molecule has 1 aliphatic rings. The average molecular weight is 428 g/mol. The first-order chi connectivity index (χ1) is 12.4. The van der Waals surface area contributed by atoms with Gasteiger partial charge in [0.1, 0.15) is 11.3 Å². The largest absolute Gasteiger partial charge is 0.427 e. The van der Waals surface area contributed by atoms with Gasteiger partial charge in [0.15, 0.2) is 0 Å². The van der Waals surface area contributed by atoms with E-state index in [2.05, 4.69) is 15.6 Å². The first-order valence-corrected chi connectivity index (χ1v) is 8.98. The number of carbonyl (C=O) groups excluding carboxylic acids is 1. The summed E-state index contributed by atoms with van der Waals surface area (Å²) in [5.74, 6) is 0.372. The Hall–Kier alpha value is -1.89. The van der Waals surface area contributed by atoms with Gasteiger partial charge in [0.2, 0.25) is 0 Å². The van der Waals surface area contributed by atoms with Crippen LogP contribution in [0, 0.1) is 27.7 Å². The lowest BCUT2D eigenvalue weighted by molar-refractivity contribution is 0.102. The molecule has 2 N–H and O–H groups in total. The van der Waals surface area contributed by atoms with Crippen molar-refractivity contribution in [1.29, 1.82) is 0 Å². The number of aromatic nitrogens is 1. The quantitative estimate of drug-likeness (QED) is 0.776. The molecule has 8 heteroatoms. The van der Waals surface area contributed by atoms with Crippen LogP contribution in [-0.4, -0.2) is 24.0 Å². The van der Waals surface area contributed by atoms with Crippen LogP contribution in [0.4, 0.5) is 5.69 Å². The number of halogens is 2. The number of amides is 1. The molecule has 1 fully saturated rings. The van der Waals surface area contributed by atoms with Crippen LogP contribution in [0.2, 0.25) is 0 Å². The summed E-state index contributed by atoms with van der Waals surface area (Å²) >= 11 is 0. The molecule has 154 valence electrons. The van der Waals surface area contributed by atoms with Gasteiger partial charge < -0.3 is 15.1 Å². The van der Waals surface area contributed by atoms with E-state index in [1.54, 1.807) is 6.92 Å². The van der Waals surface area contributed by atoms with Crippen molar-refractivity contribution in [3.8, 4) is 0 Å². The Morgan fingerprint density at radius 1 is 1.14 bits per heavy atom. The maximum Gasteiger partial charge on any atom is 0.349 e. The monoisotopic (exact) mass is 427 g/mol. The van der Waals surface area contributed by atoms with E-state index in [4.69, 9.17) is 4.42 Å². The Morgan fingerprint density at radius 3 is 2.46 bits per heavy atom. The molecule has 1 atom stereocenters. The number of piperidine rings is 1. The normalized spacial score (nSPS) is 15.9. The summed E-state index contributed by atoms with van der Waals surface area (Å²) in [7, 11) is 0. The smallest absolute Gasteiger partial charge is 0.349 e. The molecule has 1 amide bonds. The SMILES string of the molecule is Cc1cc(NC(=O)c2c(C)cc(C3CCCNC3)oc2=O)c(C)nc1C.Cl.Cl. The molecule has 0 aliphatic carbocycles. The molecule has 3 heterocycles. The van der Waals surface area contributed by atoms with E-state index >= 15 is 0 Å². The molecular weight excluding hydrogens is 401 g/mol. The highest BCUT2D eigenvalue weighted by atomic mass is 35.5. The lowest BCUT2D eigenvalue weighted by Gasteiger charge is -2.22. The Bertz CT molecular complexity index is 906. The van der Waals surface area contributed by atoms with Gasteiger partial charge in [-0.1, -0.05) is 0 Å². The third-order valence-corrected chi connectivity index (χ3v) is 5.00. The number of aryl methyl sites for hydroxylation is 4. The summed E-state index contributed by atoms with van der Waals surface area (Å²) < 4.78 is 5.49. The molecule has 3 rings (SSSR count). The number of pyridine rings is 1. The van der Waals surface area contributed by atoms with Crippen molar-refractivity contribution in [2.45, 2.75) is 46.5 Å². The fourth-order valence-corrected chi connectivity index (χ4v) is 3.34. The first-order valence-electron chi connectivity index (χ1n) is 8.98.